The van der Waals surface area contributed by atoms with Gasteiger partial charge in [0.05, 0.1) is 0 Å². The molecule has 2 N–H and O–H groups in total. The molecule has 0 amide bonds. The molecule has 2 nitrogen and oxygen atoms in total. The van der Waals surface area contributed by atoms with E-state index in [4.69, 9.17) is 5.73 Å². The molecule has 0 aliphatic carbocycles. The molecule has 0 unspecified atom stereocenters. The lowest BCUT2D eigenvalue weighted by Crippen LogP contribution is -2.15. The van der Waals surface area contributed by atoms with Crippen LogP contribution in [0.3, 0.4) is 0 Å². The fraction of sp³-hybridized carbons (Fsp3) is 0.444. The van der Waals surface area contributed by atoms with E-state index in [1.165, 1.54) is 6.20 Å². The summed E-state index contributed by atoms with van der Waals surface area (Å²) in [5.74, 6) is -0.377. The third-order valence-electron chi connectivity index (χ3n) is 1.71. The number of halogens is 1. The van der Waals surface area contributed by atoms with Crippen LogP contribution in [0.1, 0.15) is 18.9 Å². The lowest BCUT2D eigenvalue weighted by molar-refractivity contribution is 0.554. The molecule has 66 valence electrons. The van der Waals surface area contributed by atoms with Crippen molar-refractivity contribution in [3.8, 4) is 0 Å². The minimum Gasteiger partial charge on any atom is -0.328 e. The molecule has 1 rings (SSSR count). The van der Waals surface area contributed by atoms with Crippen LogP contribution in [-0.4, -0.2) is 11.0 Å². The quantitative estimate of drug-likeness (QED) is 0.695. The van der Waals surface area contributed by atoms with Crippen LogP contribution in [0.15, 0.2) is 18.3 Å². The van der Waals surface area contributed by atoms with Gasteiger partial charge in [-0.2, -0.15) is 4.39 Å². The van der Waals surface area contributed by atoms with E-state index in [0.29, 0.717) is 12.0 Å². The Labute approximate surface area is 71.6 Å². The normalized spacial score (nSPS) is 12.9. The smallest absolute Gasteiger partial charge is 0.216 e. The molecule has 1 aromatic heterocycles. The minimum absolute atomic E-state index is 0.115. The maximum atomic E-state index is 12.9. The maximum Gasteiger partial charge on any atom is 0.216 e. The zero-order valence-corrected chi connectivity index (χ0v) is 7.13. The van der Waals surface area contributed by atoms with E-state index in [2.05, 4.69) is 4.98 Å². The summed E-state index contributed by atoms with van der Waals surface area (Å²) in [4.78, 5) is 3.55. The molecule has 3 heteroatoms. The third kappa shape index (κ3) is 2.58. The highest BCUT2D eigenvalue weighted by atomic mass is 19.1. The van der Waals surface area contributed by atoms with Gasteiger partial charge < -0.3 is 5.73 Å². The molecule has 0 aliphatic heterocycles. The number of pyridine rings is 1. The van der Waals surface area contributed by atoms with Crippen molar-refractivity contribution in [1.29, 1.82) is 0 Å². The Morgan fingerprint density at radius 3 is 3.00 bits per heavy atom. The number of nitrogens with zero attached hydrogens (tertiary/aromatic N) is 1. The summed E-state index contributed by atoms with van der Waals surface area (Å²) in [6, 6.07) is 3.59. The van der Waals surface area contributed by atoms with Crippen molar-refractivity contribution in [3.63, 3.8) is 0 Å². The lowest BCUT2D eigenvalue weighted by Gasteiger charge is -2.04. The van der Waals surface area contributed by atoms with Crippen molar-refractivity contribution < 1.29 is 4.39 Å². The van der Waals surface area contributed by atoms with E-state index in [0.717, 1.165) is 6.42 Å². The highest BCUT2D eigenvalue weighted by Gasteiger charge is 2.02. The van der Waals surface area contributed by atoms with E-state index in [9.17, 15) is 4.39 Å². The molecule has 0 bridgehead atoms. The van der Waals surface area contributed by atoms with Gasteiger partial charge in [-0.1, -0.05) is 6.07 Å². The molecule has 1 heterocycles. The number of hydrogen-bond acceptors (Lipinski definition) is 2. The van der Waals surface area contributed by atoms with Crippen molar-refractivity contribution in [2.24, 2.45) is 5.73 Å². The first-order valence-corrected chi connectivity index (χ1v) is 4.05. The van der Waals surface area contributed by atoms with Crippen molar-refractivity contribution in [2.75, 3.05) is 0 Å². The largest absolute Gasteiger partial charge is 0.328 e. The molecule has 0 aromatic carbocycles. The molecule has 12 heavy (non-hydrogen) atoms. The Morgan fingerprint density at radius 2 is 2.42 bits per heavy atom. The van der Waals surface area contributed by atoms with Crippen LogP contribution in [0.25, 0.3) is 0 Å². The van der Waals surface area contributed by atoms with Crippen molar-refractivity contribution in [3.05, 3.63) is 29.8 Å². The maximum absolute atomic E-state index is 12.9. The Kier molecular flexibility index (Phi) is 3.17. The number of rotatable bonds is 3. The van der Waals surface area contributed by atoms with Gasteiger partial charge in [0.2, 0.25) is 5.95 Å². The second kappa shape index (κ2) is 4.16. The molecule has 0 aliphatic rings. The summed E-state index contributed by atoms with van der Waals surface area (Å²) in [7, 11) is 0. The van der Waals surface area contributed by atoms with Crippen LogP contribution in [0.2, 0.25) is 0 Å². The Bertz CT molecular complexity index is 248. The fourth-order valence-electron chi connectivity index (χ4n) is 0.989. The Morgan fingerprint density at radius 1 is 1.67 bits per heavy atom. The van der Waals surface area contributed by atoms with Crippen LogP contribution in [0.5, 0.6) is 0 Å². The minimum atomic E-state index is -0.377. The SMILES string of the molecule is C[C@@H](N)CCc1cccnc1F. The van der Waals surface area contributed by atoms with Gasteiger partial charge in [-0.05, 0) is 25.8 Å². The van der Waals surface area contributed by atoms with Crippen LogP contribution in [0.4, 0.5) is 4.39 Å². The van der Waals surface area contributed by atoms with Crippen molar-refractivity contribution >= 4 is 0 Å². The average Bonchev–Trinajstić information content (AvgIpc) is 2.03. The Hall–Kier alpha value is -0.960. The summed E-state index contributed by atoms with van der Waals surface area (Å²) in [5, 5.41) is 0. The second-order valence-electron chi connectivity index (χ2n) is 2.97. The lowest BCUT2D eigenvalue weighted by atomic mass is 10.1. The van der Waals surface area contributed by atoms with Gasteiger partial charge in [0, 0.05) is 17.8 Å². The van der Waals surface area contributed by atoms with Gasteiger partial charge in [0.25, 0.3) is 0 Å². The highest BCUT2D eigenvalue weighted by molar-refractivity contribution is 5.10. The van der Waals surface area contributed by atoms with Gasteiger partial charge >= 0.3 is 0 Å². The monoisotopic (exact) mass is 168 g/mol. The molecule has 0 saturated carbocycles. The summed E-state index contributed by atoms with van der Waals surface area (Å²) >= 11 is 0. The standard InChI is InChI=1S/C9H13FN2/c1-7(11)4-5-8-3-2-6-12-9(8)10/h2-3,6-7H,4-5,11H2,1H3/t7-/m1/s1. The van der Waals surface area contributed by atoms with E-state index in [-0.39, 0.29) is 12.0 Å². The second-order valence-corrected chi connectivity index (χ2v) is 2.97. The third-order valence-corrected chi connectivity index (χ3v) is 1.71. The molecular formula is C9H13FN2. The van der Waals surface area contributed by atoms with Gasteiger partial charge in [0.15, 0.2) is 0 Å². The average molecular weight is 168 g/mol. The topological polar surface area (TPSA) is 38.9 Å². The zero-order chi connectivity index (χ0) is 8.97. The Balaban J connectivity index is 2.57. The molecule has 0 saturated heterocycles. The van der Waals surface area contributed by atoms with Gasteiger partial charge in [-0.15, -0.1) is 0 Å². The van der Waals surface area contributed by atoms with E-state index >= 15 is 0 Å². The first-order valence-electron chi connectivity index (χ1n) is 4.05. The summed E-state index contributed by atoms with van der Waals surface area (Å²) in [5.41, 5.74) is 6.20. The zero-order valence-electron chi connectivity index (χ0n) is 7.13. The summed E-state index contributed by atoms with van der Waals surface area (Å²) < 4.78 is 12.9. The first-order chi connectivity index (χ1) is 5.70. The van der Waals surface area contributed by atoms with E-state index in [1.807, 2.05) is 6.92 Å². The van der Waals surface area contributed by atoms with Crippen LogP contribution in [-0.2, 0) is 6.42 Å². The summed E-state index contributed by atoms with van der Waals surface area (Å²) in [6.07, 6.45) is 2.91. The van der Waals surface area contributed by atoms with E-state index in [1.54, 1.807) is 12.1 Å². The number of aromatic nitrogens is 1. The number of aryl methyl sites for hydroxylation is 1. The molecule has 1 atom stereocenters. The van der Waals surface area contributed by atoms with Crippen LogP contribution < -0.4 is 5.73 Å². The predicted octanol–water partition coefficient (Wildman–Crippen LogP) is 1.50. The van der Waals surface area contributed by atoms with Crippen molar-refractivity contribution in [1.82, 2.24) is 4.98 Å². The number of nitrogens with two attached hydrogens (primary N) is 1. The molecule has 0 fully saturated rings. The predicted molar refractivity (Wildman–Crippen MR) is 46.2 cm³/mol. The molecule has 0 radical (unpaired) electrons. The fourth-order valence-corrected chi connectivity index (χ4v) is 0.989. The highest BCUT2D eigenvalue weighted by Crippen LogP contribution is 2.06. The summed E-state index contributed by atoms with van der Waals surface area (Å²) in [6.45, 7) is 1.91. The van der Waals surface area contributed by atoms with Crippen molar-refractivity contribution in [2.45, 2.75) is 25.8 Å². The first kappa shape index (κ1) is 9.13. The molecule has 0 spiro atoms. The number of hydrogen-bond donors (Lipinski definition) is 1. The molecule has 1 aromatic rings. The van der Waals surface area contributed by atoms with Crippen LogP contribution >= 0.6 is 0 Å². The van der Waals surface area contributed by atoms with Gasteiger partial charge in [-0.25, -0.2) is 4.98 Å². The molecular weight excluding hydrogens is 155 g/mol. The van der Waals surface area contributed by atoms with E-state index < -0.39 is 0 Å². The van der Waals surface area contributed by atoms with Crippen LogP contribution in [0, 0.1) is 5.95 Å². The van der Waals surface area contributed by atoms with Gasteiger partial charge in [0.1, 0.15) is 0 Å². The van der Waals surface area contributed by atoms with Gasteiger partial charge in [-0.3, -0.25) is 0 Å².